The highest BCUT2D eigenvalue weighted by Crippen LogP contribution is 2.46. The van der Waals surface area contributed by atoms with Gasteiger partial charge < -0.3 is 5.32 Å². The van der Waals surface area contributed by atoms with Gasteiger partial charge in [-0.25, -0.2) is 0 Å². The lowest BCUT2D eigenvalue weighted by molar-refractivity contribution is -0.127. The molecule has 1 N–H and O–H groups in total. The van der Waals surface area contributed by atoms with Gasteiger partial charge in [0.1, 0.15) is 0 Å². The summed E-state index contributed by atoms with van der Waals surface area (Å²) in [5.74, 6) is 0.0194. The molecular weight excluding hydrogens is 264 g/mol. The van der Waals surface area contributed by atoms with E-state index in [1.54, 1.807) is 0 Å². The molecule has 1 aromatic rings. The fourth-order valence-corrected chi connectivity index (χ4v) is 4.11. The average molecular weight is 284 g/mol. The zero-order valence-corrected chi connectivity index (χ0v) is 12.2. The molecule has 4 nitrogen and oxygen atoms in total. The van der Waals surface area contributed by atoms with Crippen molar-refractivity contribution in [3.8, 4) is 0 Å². The Morgan fingerprint density at radius 3 is 2.71 bits per heavy atom. The van der Waals surface area contributed by atoms with Crippen LogP contribution >= 0.6 is 0 Å². The number of carbonyl (C=O) groups is 2. The van der Waals surface area contributed by atoms with E-state index in [4.69, 9.17) is 0 Å². The minimum Gasteiger partial charge on any atom is -0.384 e. The summed E-state index contributed by atoms with van der Waals surface area (Å²) in [6.07, 6.45) is 6.45. The summed E-state index contributed by atoms with van der Waals surface area (Å²) in [6, 6.07) is 5.89. The normalized spacial score (nSPS) is 23.5. The van der Waals surface area contributed by atoms with Crippen LogP contribution < -0.4 is 10.2 Å². The summed E-state index contributed by atoms with van der Waals surface area (Å²) in [5.41, 5.74) is 2.70. The first-order valence-electron chi connectivity index (χ1n) is 7.94. The van der Waals surface area contributed by atoms with E-state index in [0.717, 1.165) is 50.0 Å². The van der Waals surface area contributed by atoms with Crippen LogP contribution in [0.25, 0.3) is 0 Å². The van der Waals surface area contributed by atoms with Gasteiger partial charge in [-0.3, -0.25) is 14.5 Å². The third-order valence-electron chi connectivity index (χ3n) is 5.26. The van der Waals surface area contributed by atoms with Crippen molar-refractivity contribution in [3.63, 3.8) is 0 Å². The number of hydrogen-bond acceptors (Lipinski definition) is 3. The van der Waals surface area contributed by atoms with Crippen molar-refractivity contribution < 1.29 is 9.59 Å². The average Bonchev–Trinajstić information content (AvgIpc) is 3.03. The zero-order chi connectivity index (χ0) is 14.4. The molecule has 0 bridgehead atoms. The number of amides is 2. The summed E-state index contributed by atoms with van der Waals surface area (Å²) in [5, 5.41) is 3.31. The van der Waals surface area contributed by atoms with Gasteiger partial charge in [0.2, 0.25) is 11.8 Å². The molecule has 2 heterocycles. The van der Waals surface area contributed by atoms with Crippen LogP contribution in [0.4, 0.5) is 11.4 Å². The Bertz CT molecular complexity index is 617. The van der Waals surface area contributed by atoms with Crippen LogP contribution in [0.5, 0.6) is 0 Å². The van der Waals surface area contributed by atoms with Gasteiger partial charge in [0.05, 0.1) is 11.1 Å². The van der Waals surface area contributed by atoms with E-state index >= 15 is 0 Å². The first-order valence-corrected chi connectivity index (χ1v) is 7.94. The third kappa shape index (κ3) is 1.88. The number of anilines is 2. The number of rotatable bonds is 1. The minimum atomic E-state index is -0.396. The van der Waals surface area contributed by atoms with Gasteiger partial charge >= 0.3 is 0 Å². The molecule has 4 rings (SSSR count). The van der Waals surface area contributed by atoms with Gasteiger partial charge in [-0.1, -0.05) is 19.3 Å². The van der Waals surface area contributed by atoms with E-state index in [1.807, 2.05) is 18.2 Å². The Morgan fingerprint density at radius 2 is 1.90 bits per heavy atom. The number of benzene rings is 1. The number of nitrogens with one attached hydrogen (secondary N) is 1. The molecule has 1 saturated heterocycles. The van der Waals surface area contributed by atoms with Crippen molar-refractivity contribution in [2.24, 2.45) is 5.41 Å². The van der Waals surface area contributed by atoms with Crippen molar-refractivity contribution in [2.75, 3.05) is 16.8 Å². The molecular formula is C17H20N2O2. The standard InChI is InChI=1S/C17H20N2O2/c20-15-11-17(7-2-1-3-8-17)16(21)19(15)13-4-5-14-12(10-13)6-9-18-14/h4-5,10,18H,1-3,6-9,11H2. The first kappa shape index (κ1) is 12.9. The summed E-state index contributed by atoms with van der Waals surface area (Å²) in [4.78, 5) is 26.8. The van der Waals surface area contributed by atoms with Gasteiger partial charge in [0.25, 0.3) is 0 Å². The number of fused-ring (bicyclic) bond motifs is 1. The molecule has 0 unspecified atom stereocenters. The maximum Gasteiger partial charge on any atom is 0.240 e. The maximum atomic E-state index is 12.9. The number of nitrogens with zero attached hydrogens (tertiary/aromatic N) is 1. The van der Waals surface area contributed by atoms with Gasteiger partial charge in [0, 0.05) is 18.7 Å². The molecule has 0 aromatic heterocycles. The largest absolute Gasteiger partial charge is 0.384 e. The van der Waals surface area contributed by atoms with E-state index < -0.39 is 5.41 Å². The molecule has 2 aliphatic heterocycles. The van der Waals surface area contributed by atoms with Crippen molar-refractivity contribution in [3.05, 3.63) is 23.8 Å². The second-order valence-electron chi connectivity index (χ2n) is 6.57. The van der Waals surface area contributed by atoms with Crippen molar-refractivity contribution >= 4 is 23.2 Å². The third-order valence-corrected chi connectivity index (χ3v) is 5.26. The van der Waals surface area contributed by atoms with E-state index in [1.165, 1.54) is 16.9 Å². The van der Waals surface area contributed by atoms with Crippen LogP contribution in [0, 0.1) is 5.41 Å². The Balaban J connectivity index is 1.69. The van der Waals surface area contributed by atoms with E-state index in [-0.39, 0.29) is 11.8 Å². The summed E-state index contributed by atoms with van der Waals surface area (Å²) in [6.45, 7) is 0.935. The minimum absolute atomic E-state index is 0.0205. The molecule has 21 heavy (non-hydrogen) atoms. The van der Waals surface area contributed by atoms with E-state index in [2.05, 4.69) is 5.32 Å². The SMILES string of the molecule is O=C1CC2(CCCCC2)C(=O)N1c1ccc2c(c1)CCN2. The van der Waals surface area contributed by atoms with Crippen LogP contribution in [0.1, 0.15) is 44.1 Å². The van der Waals surface area contributed by atoms with Gasteiger partial charge in [0.15, 0.2) is 0 Å². The molecule has 3 aliphatic rings. The van der Waals surface area contributed by atoms with Crippen molar-refractivity contribution in [1.29, 1.82) is 0 Å². The molecule has 1 spiro atoms. The van der Waals surface area contributed by atoms with Crippen LogP contribution in [0.3, 0.4) is 0 Å². The molecule has 1 aromatic carbocycles. The lowest BCUT2D eigenvalue weighted by atomic mass is 9.73. The zero-order valence-electron chi connectivity index (χ0n) is 12.2. The van der Waals surface area contributed by atoms with Gasteiger partial charge in [-0.15, -0.1) is 0 Å². The maximum absolute atomic E-state index is 12.9. The van der Waals surface area contributed by atoms with E-state index in [9.17, 15) is 9.59 Å². The quantitative estimate of drug-likeness (QED) is 0.807. The van der Waals surface area contributed by atoms with Gasteiger partial charge in [-0.05, 0) is 43.0 Å². The fourth-order valence-electron chi connectivity index (χ4n) is 4.11. The molecule has 1 aliphatic carbocycles. The molecule has 0 atom stereocenters. The highest BCUT2D eigenvalue weighted by atomic mass is 16.2. The highest BCUT2D eigenvalue weighted by molar-refractivity contribution is 6.22. The second-order valence-corrected chi connectivity index (χ2v) is 6.57. The number of imide groups is 1. The molecule has 4 heteroatoms. The van der Waals surface area contributed by atoms with Crippen molar-refractivity contribution in [2.45, 2.75) is 44.9 Å². The Morgan fingerprint density at radius 1 is 1.10 bits per heavy atom. The van der Waals surface area contributed by atoms with Crippen LogP contribution in [0.15, 0.2) is 18.2 Å². The van der Waals surface area contributed by atoms with E-state index in [0.29, 0.717) is 6.42 Å². The molecule has 1 saturated carbocycles. The lowest BCUT2D eigenvalue weighted by Crippen LogP contribution is -2.37. The number of hydrogen-bond donors (Lipinski definition) is 1. The Labute approximate surface area is 124 Å². The lowest BCUT2D eigenvalue weighted by Gasteiger charge is -2.30. The van der Waals surface area contributed by atoms with Crippen LogP contribution in [-0.4, -0.2) is 18.4 Å². The molecule has 0 radical (unpaired) electrons. The first-order chi connectivity index (χ1) is 10.2. The highest BCUT2D eigenvalue weighted by Gasteiger charge is 2.52. The summed E-state index contributed by atoms with van der Waals surface area (Å²) in [7, 11) is 0. The van der Waals surface area contributed by atoms with Crippen LogP contribution in [0.2, 0.25) is 0 Å². The summed E-state index contributed by atoms with van der Waals surface area (Å²) < 4.78 is 0. The molecule has 2 fully saturated rings. The van der Waals surface area contributed by atoms with Crippen LogP contribution in [-0.2, 0) is 16.0 Å². The topological polar surface area (TPSA) is 49.4 Å². The molecule has 110 valence electrons. The fraction of sp³-hybridized carbons (Fsp3) is 0.529. The predicted octanol–water partition coefficient (Wildman–Crippen LogP) is 2.87. The smallest absolute Gasteiger partial charge is 0.240 e. The molecule has 2 amide bonds. The predicted molar refractivity (Wildman–Crippen MR) is 81.3 cm³/mol. The summed E-state index contributed by atoms with van der Waals surface area (Å²) >= 11 is 0. The van der Waals surface area contributed by atoms with Crippen molar-refractivity contribution in [1.82, 2.24) is 0 Å². The Hall–Kier alpha value is -1.84. The second kappa shape index (κ2) is 4.58. The van der Waals surface area contributed by atoms with Gasteiger partial charge in [-0.2, -0.15) is 0 Å². The monoisotopic (exact) mass is 284 g/mol. The Kier molecular flexibility index (Phi) is 2.81. The number of carbonyl (C=O) groups excluding carboxylic acids is 2.